The molecule has 3 amide bonds. The summed E-state index contributed by atoms with van der Waals surface area (Å²) in [7, 11) is 0. The van der Waals surface area contributed by atoms with E-state index < -0.39 is 11.9 Å². The Morgan fingerprint density at radius 1 is 1.28 bits per heavy atom. The number of nitrogens with two attached hydrogens (primary N) is 2. The molecular weight excluding hydrogens is 238 g/mol. The molecule has 0 fully saturated rings. The first-order valence-electron chi connectivity index (χ1n) is 4.82. The van der Waals surface area contributed by atoms with Gasteiger partial charge in [-0.1, -0.05) is 0 Å². The van der Waals surface area contributed by atoms with Crippen LogP contribution in [0.25, 0.3) is 11.4 Å². The second-order valence-corrected chi connectivity index (χ2v) is 3.36. The van der Waals surface area contributed by atoms with Crippen LogP contribution in [0.4, 0.5) is 10.5 Å². The number of anilines is 1. The van der Waals surface area contributed by atoms with E-state index in [0.29, 0.717) is 11.3 Å². The van der Waals surface area contributed by atoms with E-state index in [1.165, 1.54) is 18.2 Å². The topological polar surface area (TPSA) is 153 Å². The van der Waals surface area contributed by atoms with Gasteiger partial charge >= 0.3 is 6.03 Å². The van der Waals surface area contributed by atoms with Gasteiger partial charge in [0.1, 0.15) is 0 Å². The van der Waals surface area contributed by atoms with E-state index in [4.69, 9.17) is 11.5 Å². The van der Waals surface area contributed by atoms with Crippen molar-refractivity contribution in [3.8, 4) is 11.4 Å². The number of nitrogens with one attached hydrogen (secondary N) is 2. The molecule has 0 aliphatic rings. The summed E-state index contributed by atoms with van der Waals surface area (Å²) in [5.41, 5.74) is 11.3. The molecule has 9 heteroatoms. The second-order valence-electron chi connectivity index (χ2n) is 3.36. The number of tetrazole rings is 1. The molecule has 2 aromatic rings. The molecule has 6 N–H and O–H groups in total. The zero-order valence-electron chi connectivity index (χ0n) is 9.04. The van der Waals surface area contributed by atoms with Crippen LogP contribution in [0.5, 0.6) is 0 Å². The largest absolute Gasteiger partial charge is 0.366 e. The summed E-state index contributed by atoms with van der Waals surface area (Å²) in [5.74, 6) is -0.323. The lowest BCUT2D eigenvalue weighted by Gasteiger charge is -2.08. The SMILES string of the molecule is NC(=O)Nc1ccc(C(N)=O)cc1-c1nnn[nH]1. The third kappa shape index (κ3) is 2.24. The average Bonchev–Trinajstić information content (AvgIpc) is 2.81. The monoisotopic (exact) mass is 247 g/mol. The number of hydrogen-bond donors (Lipinski definition) is 4. The van der Waals surface area contributed by atoms with Crippen LogP contribution in [0.15, 0.2) is 18.2 Å². The Balaban J connectivity index is 2.53. The van der Waals surface area contributed by atoms with Crippen molar-refractivity contribution in [2.75, 3.05) is 5.32 Å². The quantitative estimate of drug-likeness (QED) is 0.573. The van der Waals surface area contributed by atoms with Gasteiger partial charge in [-0.05, 0) is 28.6 Å². The third-order valence-corrected chi connectivity index (χ3v) is 2.16. The summed E-state index contributed by atoms with van der Waals surface area (Å²) in [6, 6.07) is 3.66. The van der Waals surface area contributed by atoms with Crippen molar-refractivity contribution in [2.45, 2.75) is 0 Å². The predicted molar refractivity (Wildman–Crippen MR) is 61.3 cm³/mol. The molecule has 0 atom stereocenters. The van der Waals surface area contributed by atoms with Crippen molar-refractivity contribution in [3.63, 3.8) is 0 Å². The van der Waals surface area contributed by atoms with Crippen LogP contribution < -0.4 is 16.8 Å². The van der Waals surface area contributed by atoms with E-state index in [2.05, 4.69) is 25.9 Å². The van der Waals surface area contributed by atoms with Gasteiger partial charge < -0.3 is 16.8 Å². The lowest BCUT2D eigenvalue weighted by atomic mass is 10.1. The molecule has 0 bridgehead atoms. The molecule has 92 valence electrons. The molecule has 1 aromatic carbocycles. The predicted octanol–water partition coefficient (Wildman–Crippen LogP) is -0.544. The fourth-order valence-electron chi connectivity index (χ4n) is 1.41. The van der Waals surface area contributed by atoms with Crippen LogP contribution in [0.1, 0.15) is 10.4 Å². The van der Waals surface area contributed by atoms with Gasteiger partial charge in [-0.15, -0.1) is 5.10 Å². The number of urea groups is 1. The zero-order chi connectivity index (χ0) is 13.1. The van der Waals surface area contributed by atoms with Crippen molar-refractivity contribution in [1.82, 2.24) is 20.6 Å². The number of amides is 3. The lowest BCUT2D eigenvalue weighted by molar-refractivity contribution is 0.100. The highest BCUT2D eigenvalue weighted by molar-refractivity contribution is 5.98. The molecule has 1 aromatic heterocycles. The first kappa shape index (κ1) is 11.5. The number of rotatable bonds is 3. The number of aromatic amines is 1. The maximum atomic E-state index is 11.1. The van der Waals surface area contributed by atoms with Crippen molar-refractivity contribution < 1.29 is 9.59 Å². The Kier molecular flexibility index (Phi) is 2.87. The molecule has 0 saturated carbocycles. The lowest BCUT2D eigenvalue weighted by Crippen LogP contribution is -2.20. The number of primary amides is 2. The molecule has 1 heterocycles. The Hall–Kier alpha value is -2.97. The summed E-state index contributed by atoms with van der Waals surface area (Å²) in [6.07, 6.45) is 0. The first-order valence-corrected chi connectivity index (χ1v) is 4.82. The maximum Gasteiger partial charge on any atom is 0.316 e. The van der Waals surface area contributed by atoms with E-state index in [9.17, 15) is 9.59 Å². The normalized spacial score (nSPS) is 10.0. The van der Waals surface area contributed by atoms with Crippen LogP contribution in [0.3, 0.4) is 0 Å². The smallest absolute Gasteiger partial charge is 0.316 e. The molecule has 0 saturated heterocycles. The summed E-state index contributed by atoms with van der Waals surface area (Å²) >= 11 is 0. The number of H-pyrrole nitrogens is 1. The van der Waals surface area contributed by atoms with E-state index in [1.54, 1.807) is 0 Å². The van der Waals surface area contributed by atoms with Crippen LogP contribution in [-0.4, -0.2) is 32.6 Å². The average molecular weight is 247 g/mol. The van der Waals surface area contributed by atoms with E-state index in [-0.39, 0.29) is 11.4 Å². The molecule has 2 rings (SSSR count). The number of carbonyl (C=O) groups excluding carboxylic acids is 2. The van der Waals surface area contributed by atoms with Gasteiger partial charge in [0, 0.05) is 11.1 Å². The van der Waals surface area contributed by atoms with Gasteiger partial charge in [0.2, 0.25) is 5.91 Å². The van der Waals surface area contributed by atoms with Crippen molar-refractivity contribution in [3.05, 3.63) is 23.8 Å². The fraction of sp³-hybridized carbons (Fsp3) is 0. The first-order chi connectivity index (χ1) is 8.58. The van der Waals surface area contributed by atoms with E-state index >= 15 is 0 Å². The summed E-state index contributed by atoms with van der Waals surface area (Å²) in [5, 5.41) is 15.4. The van der Waals surface area contributed by atoms with Gasteiger partial charge in [-0.25, -0.2) is 9.89 Å². The molecule has 0 aliphatic heterocycles. The minimum Gasteiger partial charge on any atom is -0.366 e. The van der Waals surface area contributed by atoms with E-state index in [0.717, 1.165) is 0 Å². The molecule has 0 aliphatic carbocycles. The molecule has 0 unspecified atom stereocenters. The highest BCUT2D eigenvalue weighted by Gasteiger charge is 2.13. The molecular formula is C9H9N7O2. The zero-order valence-corrected chi connectivity index (χ0v) is 9.04. The Bertz CT molecular complexity index is 593. The van der Waals surface area contributed by atoms with Gasteiger partial charge in [0.05, 0.1) is 5.69 Å². The third-order valence-electron chi connectivity index (χ3n) is 2.16. The summed E-state index contributed by atoms with van der Waals surface area (Å²) < 4.78 is 0. The van der Waals surface area contributed by atoms with Gasteiger partial charge in [-0.2, -0.15) is 0 Å². The van der Waals surface area contributed by atoms with Crippen LogP contribution in [0.2, 0.25) is 0 Å². The van der Waals surface area contributed by atoms with Crippen molar-refractivity contribution in [2.24, 2.45) is 11.5 Å². The van der Waals surface area contributed by atoms with Crippen LogP contribution in [-0.2, 0) is 0 Å². The highest BCUT2D eigenvalue weighted by Crippen LogP contribution is 2.25. The Labute approximate surface area is 101 Å². The standard InChI is InChI=1S/C9H9N7O2/c10-7(17)4-1-2-6(12-9(11)18)5(3-4)8-13-15-16-14-8/h1-3H,(H2,10,17)(H3,11,12,18)(H,13,14,15,16). The van der Waals surface area contributed by atoms with Crippen LogP contribution in [0, 0.1) is 0 Å². The molecule has 0 spiro atoms. The van der Waals surface area contributed by atoms with Gasteiger partial charge in [-0.3, -0.25) is 4.79 Å². The number of carbonyl (C=O) groups is 2. The molecule has 9 nitrogen and oxygen atoms in total. The number of hydrogen-bond acceptors (Lipinski definition) is 5. The second kappa shape index (κ2) is 4.49. The fourth-order valence-corrected chi connectivity index (χ4v) is 1.41. The summed E-state index contributed by atoms with van der Waals surface area (Å²) in [6.45, 7) is 0. The highest BCUT2D eigenvalue weighted by atomic mass is 16.2. The number of benzene rings is 1. The van der Waals surface area contributed by atoms with Crippen molar-refractivity contribution >= 4 is 17.6 Å². The maximum absolute atomic E-state index is 11.1. The van der Waals surface area contributed by atoms with Gasteiger partial charge in [0.15, 0.2) is 5.82 Å². The molecule has 18 heavy (non-hydrogen) atoms. The minimum absolute atomic E-state index is 0.261. The summed E-state index contributed by atoms with van der Waals surface area (Å²) in [4.78, 5) is 22.0. The van der Waals surface area contributed by atoms with Gasteiger partial charge in [0.25, 0.3) is 0 Å². The van der Waals surface area contributed by atoms with Crippen molar-refractivity contribution in [1.29, 1.82) is 0 Å². The number of nitrogens with zero attached hydrogens (tertiary/aromatic N) is 3. The molecule has 0 radical (unpaired) electrons. The van der Waals surface area contributed by atoms with Crippen LogP contribution >= 0.6 is 0 Å². The van der Waals surface area contributed by atoms with E-state index in [1.807, 2.05) is 0 Å². The minimum atomic E-state index is -0.740. The Morgan fingerprint density at radius 3 is 2.61 bits per heavy atom. The number of aromatic nitrogens is 4. The Morgan fingerprint density at radius 2 is 2.06 bits per heavy atom.